The smallest absolute Gasteiger partial charge is 0.261 e. The van der Waals surface area contributed by atoms with Crippen molar-refractivity contribution in [2.45, 2.75) is 19.4 Å². The lowest BCUT2D eigenvalue weighted by Gasteiger charge is -2.19. The Kier molecular flexibility index (Phi) is 3.74. The number of aryl methyl sites for hydroxylation is 1. The highest BCUT2D eigenvalue weighted by molar-refractivity contribution is 5.83. The summed E-state index contributed by atoms with van der Waals surface area (Å²) in [6.07, 6.45) is 4.25. The van der Waals surface area contributed by atoms with E-state index in [1.54, 1.807) is 12.4 Å². The molecule has 0 fully saturated rings. The van der Waals surface area contributed by atoms with Gasteiger partial charge in [0.2, 0.25) is 0 Å². The molecule has 0 aliphatic carbocycles. The number of amides is 1. The van der Waals surface area contributed by atoms with E-state index < -0.39 is 6.04 Å². The number of hydrogen-bond acceptors (Lipinski definition) is 3. The first-order chi connectivity index (χ1) is 8.77. The molecule has 0 spiro atoms. The lowest BCUT2D eigenvalue weighted by molar-refractivity contribution is -0.123. The van der Waals surface area contributed by atoms with Crippen molar-refractivity contribution >= 4 is 5.91 Å². The number of benzene rings is 1. The first kappa shape index (κ1) is 12.3. The zero-order chi connectivity index (χ0) is 13.0. The van der Waals surface area contributed by atoms with Crippen molar-refractivity contribution in [3.05, 3.63) is 54.1 Å². The zero-order valence-electron chi connectivity index (χ0n) is 10.2. The standard InChI is InChI=1S/C13H16N4O/c1-2-11-15-8-9-17(11)12(13(18)16-14)10-6-4-3-5-7-10/h3-9,12H,2,14H2,1H3,(H,16,18). The molecule has 0 bridgehead atoms. The molecular weight excluding hydrogens is 228 g/mol. The van der Waals surface area contributed by atoms with Gasteiger partial charge in [0, 0.05) is 18.8 Å². The third-order valence-corrected chi connectivity index (χ3v) is 2.85. The van der Waals surface area contributed by atoms with Crippen LogP contribution in [0.25, 0.3) is 0 Å². The van der Waals surface area contributed by atoms with Crippen LogP contribution in [0.3, 0.4) is 0 Å². The van der Waals surface area contributed by atoms with Crippen LogP contribution in [-0.4, -0.2) is 15.5 Å². The van der Waals surface area contributed by atoms with Crippen molar-refractivity contribution in [1.29, 1.82) is 0 Å². The molecule has 94 valence electrons. The summed E-state index contributed by atoms with van der Waals surface area (Å²) >= 11 is 0. The molecule has 2 aromatic rings. The average Bonchev–Trinajstić information content (AvgIpc) is 2.88. The van der Waals surface area contributed by atoms with Crippen molar-refractivity contribution in [3.63, 3.8) is 0 Å². The molecule has 2 rings (SSSR count). The highest BCUT2D eigenvalue weighted by atomic mass is 16.2. The zero-order valence-corrected chi connectivity index (χ0v) is 10.2. The molecule has 0 radical (unpaired) electrons. The molecule has 5 nitrogen and oxygen atoms in total. The molecule has 1 heterocycles. The molecule has 1 atom stereocenters. The summed E-state index contributed by atoms with van der Waals surface area (Å²) in [5, 5.41) is 0. The maximum Gasteiger partial charge on any atom is 0.261 e. The van der Waals surface area contributed by atoms with Crippen LogP contribution in [0.2, 0.25) is 0 Å². The largest absolute Gasteiger partial charge is 0.318 e. The minimum absolute atomic E-state index is 0.256. The first-order valence-electron chi connectivity index (χ1n) is 5.85. The normalized spacial score (nSPS) is 12.1. The topological polar surface area (TPSA) is 72.9 Å². The Balaban J connectivity index is 2.47. The van der Waals surface area contributed by atoms with Crippen molar-refractivity contribution in [3.8, 4) is 0 Å². The van der Waals surface area contributed by atoms with Crippen molar-refractivity contribution in [2.75, 3.05) is 0 Å². The Bertz CT molecular complexity index is 521. The molecule has 0 saturated carbocycles. The van der Waals surface area contributed by atoms with Gasteiger partial charge in [0.15, 0.2) is 0 Å². The number of nitrogens with one attached hydrogen (secondary N) is 1. The summed E-state index contributed by atoms with van der Waals surface area (Å²) in [4.78, 5) is 16.2. The molecule has 5 heteroatoms. The van der Waals surface area contributed by atoms with Gasteiger partial charge in [-0.15, -0.1) is 0 Å². The number of aromatic nitrogens is 2. The summed E-state index contributed by atoms with van der Waals surface area (Å²) in [5.74, 6) is 5.87. The van der Waals surface area contributed by atoms with Crippen LogP contribution in [0.15, 0.2) is 42.7 Å². The van der Waals surface area contributed by atoms with Crippen molar-refractivity contribution < 1.29 is 4.79 Å². The third-order valence-electron chi connectivity index (χ3n) is 2.85. The van der Waals surface area contributed by atoms with E-state index in [1.807, 2.05) is 41.8 Å². The second kappa shape index (κ2) is 5.46. The van der Waals surface area contributed by atoms with Crippen LogP contribution in [0.5, 0.6) is 0 Å². The van der Waals surface area contributed by atoms with Gasteiger partial charge in [-0.2, -0.15) is 0 Å². The van der Waals surface area contributed by atoms with Gasteiger partial charge in [-0.25, -0.2) is 10.8 Å². The van der Waals surface area contributed by atoms with Crippen molar-refractivity contribution in [1.82, 2.24) is 15.0 Å². The highest BCUT2D eigenvalue weighted by Gasteiger charge is 2.23. The first-order valence-corrected chi connectivity index (χ1v) is 5.85. The fraction of sp³-hybridized carbons (Fsp3) is 0.231. The summed E-state index contributed by atoms with van der Waals surface area (Å²) < 4.78 is 1.84. The van der Waals surface area contributed by atoms with Gasteiger partial charge < -0.3 is 4.57 Å². The molecular formula is C13H16N4O. The number of nitrogens with two attached hydrogens (primary N) is 1. The van der Waals surface area contributed by atoms with Crippen LogP contribution < -0.4 is 11.3 Å². The average molecular weight is 244 g/mol. The number of hydrazine groups is 1. The van der Waals surface area contributed by atoms with Gasteiger partial charge in [0.1, 0.15) is 11.9 Å². The van der Waals surface area contributed by atoms with Crippen LogP contribution >= 0.6 is 0 Å². The van der Waals surface area contributed by atoms with E-state index in [1.165, 1.54) is 0 Å². The van der Waals surface area contributed by atoms with Gasteiger partial charge >= 0.3 is 0 Å². The maximum atomic E-state index is 12.0. The Morgan fingerprint density at radius 1 is 1.44 bits per heavy atom. The Morgan fingerprint density at radius 3 is 2.78 bits per heavy atom. The van der Waals surface area contributed by atoms with Crippen molar-refractivity contribution in [2.24, 2.45) is 5.84 Å². The summed E-state index contributed by atoms with van der Waals surface area (Å²) in [6, 6.07) is 9.03. The molecule has 18 heavy (non-hydrogen) atoms. The van der Waals surface area contributed by atoms with E-state index >= 15 is 0 Å². The predicted octanol–water partition coefficient (Wildman–Crippen LogP) is 1.02. The van der Waals surface area contributed by atoms with E-state index in [-0.39, 0.29) is 5.91 Å². The molecule has 1 unspecified atom stereocenters. The van der Waals surface area contributed by atoms with E-state index in [0.717, 1.165) is 17.8 Å². The van der Waals surface area contributed by atoms with Gasteiger partial charge in [0.25, 0.3) is 5.91 Å². The fourth-order valence-corrected chi connectivity index (χ4v) is 2.01. The maximum absolute atomic E-state index is 12.0. The van der Waals surface area contributed by atoms with Crippen LogP contribution in [0, 0.1) is 0 Å². The van der Waals surface area contributed by atoms with E-state index in [2.05, 4.69) is 10.4 Å². The number of hydrogen-bond donors (Lipinski definition) is 2. The van der Waals surface area contributed by atoms with Crippen LogP contribution in [0.1, 0.15) is 24.4 Å². The van der Waals surface area contributed by atoms with Gasteiger partial charge in [-0.3, -0.25) is 10.2 Å². The molecule has 1 aromatic carbocycles. The number of imidazole rings is 1. The lowest BCUT2D eigenvalue weighted by Crippen LogP contribution is -2.38. The fourth-order valence-electron chi connectivity index (χ4n) is 2.01. The highest BCUT2D eigenvalue weighted by Crippen LogP contribution is 2.20. The Hall–Kier alpha value is -2.14. The molecule has 0 saturated heterocycles. The Morgan fingerprint density at radius 2 is 2.17 bits per heavy atom. The van der Waals surface area contributed by atoms with Crippen LogP contribution in [0.4, 0.5) is 0 Å². The minimum Gasteiger partial charge on any atom is -0.318 e. The Labute approximate surface area is 106 Å². The monoisotopic (exact) mass is 244 g/mol. The molecule has 3 N–H and O–H groups in total. The number of carbonyl (C=O) groups is 1. The molecule has 1 aromatic heterocycles. The summed E-state index contributed by atoms with van der Waals surface area (Å²) in [5.41, 5.74) is 3.10. The van der Waals surface area contributed by atoms with E-state index in [0.29, 0.717) is 0 Å². The number of nitrogens with zero attached hydrogens (tertiary/aromatic N) is 2. The summed E-state index contributed by atoms with van der Waals surface area (Å²) in [7, 11) is 0. The number of rotatable bonds is 4. The second-order valence-electron chi connectivity index (χ2n) is 3.93. The van der Waals surface area contributed by atoms with Crippen LogP contribution in [-0.2, 0) is 11.2 Å². The van der Waals surface area contributed by atoms with E-state index in [9.17, 15) is 4.79 Å². The lowest BCUT2D eigenvalue weighted by atomic mass is 10.1. The number of carbonyl (C=O) groups excluding carboxylic acids is 1. The molecule has 0 aliphatic rings. The van der Waals surface area contributed by atoms with Gasteiger partial charge in [-0.1, -0.05) is 37.3 Å². The third kappa shape index (κ3) is 2.26. The molecule has 0 aliphatic heterocycles. The van der Waals surface area contributed by atoms with Gasteiger partial charge in [-0.05, 0) is 5.56 Å². The summed E-state index contributed by atoms with van der Waals surface area (Å²) in [6.45, 7) is 2.00. The van der Waals surface area contributed by atoms with E-state index in [4.69, 9.17) is 5.84 Å². The quantitative estimate of drug-likeness (QED) is 0.479. The second-order valence-corrected chi connectivity index (χ2v) is 3.93. The minimum atomic E-state index is -0.478. The predicted molar refractivity (Wildman–Crippen MR) is 68.5 cm³/mol. The SMILES string of the molecule is CCc1nccn1C(C(=O)NN)c1ccccc1. The van der Waals surface area contributed by atoms with Gasteiger partial charge in [0.05, 0.1) is 0 Å². The molecule has 1 amide bonds.